The van der Waals surface area contributed by atoms with Crippen molar-refractivity contribution in [3.63, 3.8) is 0 Å². The first-order valence-electron chi connectivity index (χ1n) is 8.61. The third-order valence-electron chi connectivity index (χ3n) is 4.17. The van der Waals surface area contributed by atoms with Crippen LogP contribution in [0.5, 0.6) is 5.75 Å². The Kier molecular flexibility index (Phi) is 5.61. The Bertz CT molecular complexity index is 1040. The van der Waals surface area contributed by atoms with Crippen molar-refractivity contribution in [3.8, 4) is 5.75 Å². The van der Waals surface area contributed by atoms with Gasteiger partial charge in [0.15, 0.2) is 11.4 Å². The fourth-order valence-corrected chi connectivity index (χ4v) is 2.93. The number of ether oxygens (including phenoxy) is 1. The third kappa shape index (κ3) is 4.46. The molecular weight excluding hydrogens is 376 g/mol. The van der Waals surface area contributed by atoms with Crippen molar-refractivity contribution in [2.24, 2.45) is 0 Å². The highest BCUT2D eigenvalue weighted by Gasteiger charge is 2.29. The molecule has 0 radical (unpaired) electrons. The molecule has 0 amide bonds. The molecular formula is C22H20O5S. The van der Waals surface area contributed by atoms with Gasteiger partial charge in [0.2, 0.25) is 5.78 Å². The number of aliphatic carboxylic acids is 1. The molecule has 0 saturated carbocycles. The Morgan fingerprint density at radius 2 is 1.82 bits per heavy atom. The number of furan rings is 1. The molecule has 0 spiro atoms. The molecule has 1 N–H and O–H groups in total. The maximum absolute atomic E-state index is 12.4. The van der Waals surface area contributed by atoms with E-state index >= 15 is 0 Å². The van der Waals surface area contributed by atoms with Crippen molar-refractivity contribution in [2.75, 3.05) is 6.26 Å². The van der Waals surface area contributed by atoms with Crippen molar-refractivity contribution in [1.29, 1.82) is 0 Å². The Morgan fingerprint density at radius 3 is 2.46 bits per heavy atom. The number of carboxylic acid groups (broad SMARTS) is 1. The zero-order valence-electron chi connectivity index (χ0n) is 15.8. The van der Waals surface area contributed by atoms with E-state index in [1.54, 1.807) is 48.2 Å². The van der Waals surface area contributed by atoms with Crippen LogP contribution in [0.2, 0.25) is 0 Å². The minimum absolute atomic E-state index is 0.228. The van der Waals surface area contributed by atoms with Gasteiger partial charge in [-0.3, -0.25) is 4.79 Å². The summed E-state index contributed by atoms with van der Waals surface area (Å²) in [5, 5.41) is 9.99. The molecule has 1 heterocycles. The van der Waals surface area contributed by atoms with Gasteiger partial charge in [0.1, 0.15) is 11.3 Å². The van der Waals surface area contributed by atoms with Crippen LogP contribution in [0, 0.1) is 0 Å². The lowest BCUT2D eigenvalue weighted by molar-refractivity contribution is -0.152. The van der Waals surface area contributed by atoms with E-state index in [4.69, 9.17) is 14.3 Å². The van der Waals surface area contributed by atoms with Gasteiger partial charge >= 0.3 is 5.97 Å². The number of allylic oxidation sites excluding steroid dienone is 1. The molecule has 0 aliphatic rings. The van der Waals surface area contributed by atoms with E-state index in [9.17, 15) is 9.59 Å². The Labute approximate surface area is 167 Å². The van der Waals surface area contributed by atoms with Gasteiger partial charge in [-0.25, -0.2) is 4.79 Å². The number of carbonyl (C=O) groups is 2. The first-order valence-corrected chi connectivity index (χ1v) is 9.83. The Morgan fingerprint density at radius 1 is 1.11 bits per heavy atom. The normalized spacial score (nSPS) is 11.8. The average molecular weight is 396 g/mol. The molecule has 0 aliphatic heterocycles. The largest absolute Gasteiger partial charge is 0.478 e. The van der Waals surface area contributed by atoms with Crippen molar-refractivity contribution in [1.82, 2.24) is 0 Å². The summed E-state index contributed by atoms with van der Waals surface area (Å²) in [6.45, 7) is 2.97. The summed E-state index contributed by atoms with van der Waals surface area (Å²) in [5.41, 5.74) is 0.158. The van der Waals surface area contributed by atoms with Gasteiger partial charge in [0.25, 0.3) is 0 Å². The molecule has 144 valence electrons. The molecule has 2 aromatic carbocycles. The summed E-state index contributed by atoms with van der Waals surface area (Å²) in [6.07, 6.45) is 5.11. The van der Waals surface area contributed by atoms with Gasteiger partial charge in [-0.05, 0) is 68.1 Å². The van der Waals surface area contributed by atoms with Crippen LogP contribution in [0.1, 0.15) is 30.0 Å². The zero-order valence-corrected chi connectivity index (χ0v) is 16.6. The molecule has 0 bridgehead atoms. The SMILES string of the molecule is CSc1ccc2cc(C(=O)C=Cc3ccc(OC(C)(C)C(=O)O)cc3)oc2c1. The van der Waals surface area contributed by atoms with Crippen molar-refractivity contribution < 1.29 is 23.8 Å². The molecule has 0 unspecified atom stereocenters. The van der Waals surface area contributed by atoms with E-state index in [2.05, 4.69) is 0 Å². The molecule has 6 heteroatoms. The standard InChI is InChI=1S/C22H20O5S/c1-22(2,21(24)25)27-16-8-4-14(5-9-16)6-11-18(23)20-12-15-7-10-17(28-3)13-19(15)26-20/h4-13H,1-3H3,(H,24,25). The second-order valence-electron chi connectivity index (χ2n) is 6.70. The van der Waals surface area contributed by atoms with E-state index in [0.29, 0.717) is 11.3 Å². The number of hydrogen-bond acceptors (Lipinski definition) is 5. The topological polar surface area (TPSA) is 76.7 Å². The number of carbonyl (C=O) groups excluding carboxylic acids is 1. The van der Waals surface area contributed by atoms with Crippen LogP contribution in [0.3, 0.4) is 0 Å². The highest BCUT2D eigenvalue weighted by molar-refractivity contribution is 7.98. The smallest absolute Gasteiger partial charge is 0.347 e. The number of benzene rings is 2. The van der Waals surface area contributed by atoms with Crippen molar-refractivity contribution in [3.05, 3.63) is 65.9 Å². The number of carboxylic acids is 1. The van der Waals surface area contributed by atoms with Crippen LogP contribution in [0.15, 0.2) is 63.9 Å². The van der Waals surface area contributed by atoms with E-state index < -0.39 is 11.6 Å². The minimum atomic E-state index is -1.31. The van der Waals surface area contributed by atoms with Gasteiger partial charge in [0, 0.05) is 10.3 Å². The first kappa shape index (κ1) is 19.8. The van der Waals surface area contributed by atoms with Gasteiger partial charge in [-0.1, -0.05) is 18.2 Å². The van der Waals surface area contributed by atoms with E-state index in [1.807, 2.05) is 24.5 Å². The number of rotatable bonds is 7. The van der Waals surface area contributed by atoms with Crippen LogP contribution < -0.4 is 4.74 Å². The fraction of sp³-hybridized carbons (Fsp3) is 0.182. The summed E-state index contributed by atoms with van der Waals surface area (Å²) in [6, 6.07) is 14.4. The third-order valence-corrected chi connectivity index (χ3v) is 4.89. The lowest BCUT2D eigenvalue weighted by Gasteiger charge is -2.21. The van der Waals surface area contributed by atoms with Gasteiger partial charge in [0.05, 0.1) is 0 Å². The highest BCUT2D eigenvalue weighted by atomic mass is 32.2. The van der Waals surface area contributed by atoms with Crippen LogP contribution >= 0.6 is 11.8 Å². The Balaban J connectivity index is 1.71. The average Bonchev–Trinajstić information content (AvgIpc) is 3.10. The number of hydrogen-bond donors (Lipinski definition) is 1. The second kappa shape index (κ2) is 7.94. The van der Waals surface area contributed by atoms with Crippen molar-refractivity contribution >= 4 is 40.6 Å². The summed E-state index contributed by atoms with van der Waals surface area (Å²) in [7, 11) is 0. The molecule has 0 saturated heterocycles. The predicted molar refractivity (Wildman–Crippen MR) is 110 cm³/mol. The lowest BCUT2D eigenvalue weighted by Crippen LogP contribution is -2.37. The summed E-state index contributed by atoms with van der Waals surface area (Å²) < 4.78 is 11.1. The minimum Gasteiger partial charge on any atom is -0.478 e. The molecule has 5 nitrogen and oxygen atoms in total. The second-order valence-corrected chi connectivity index (χ2v) is 7.58. The number of ketones is 1. The molecule has 3 aromatic rings. The summed E-state index contributed by atoms with van der Waals surface area (Å²) in [5.74, 6) is -0.544. The molecule has 28 heavy (non-hydrogen) atoms. The van der Waals surface area contributed by atoms with Crippen molar-refractivity contribution in [2.45, 2.75) is 24.3 Å². The lowest BCUT2D eigenvalue weighted by atomic mass is 10.1. The maximum atomic E-state index is 12.4. The van der Waals surface area contributed by atoms with Gasteiger partial charge < -0.3 is 14.3 Å². The van der Waals surface area contributed by atoms with Crippen LogP contribution in [-0.2, 0) is 4.79 Å². The maximum Gasteiger partial charge on any atom is 0.347 e. The molecule has 0 aliphatic carbocycles. The summed E-state index contributed by atoms with van der Waals surface area (Å²) >= 11 is 1.61. The van der Waals surface area contributed by atoms with E-state index in [0.717, 1.165) is 15.8 Å². The monoisotopic (exact) mass is 396 g/mol. The Hall–Kier alpha value is -2.99. The molecule has 0 atom stereocenters. The quantitative estimate of drug-likeness (QED) is 0.332. The van der Waals surface area contributed by atoms with Crippen LogP contribution in [0.25, 0.3) is 17.0 Å². The van der Waals surface area contributed by atoms with Gasteiger partial charge in [-0.2, -0.15) is 0 Å². The van der Waals surface area contributed by atoms with E-state index in [-0.39, 0.29) is 11.5 Å². The number of fused-ring (bicyclic) bond motifs is 1. The fourth-order valence-electron chi connectivity index (χ4n) is 2.50. The van der Waals surface area contributed by atoms with Crippen LogP contribution in [-0.4, -0.2) is 28.7 Å². The number of thioether (sulfide) groups is 1. The van der Waals surface area contributed by atoms with Gasteiger partial charge in [-0.15, -0.1) is 11.8 Å². The first-order chi connectivity index (χ1) is 13.3. The highest BCUT2D eigenvalue weighted by Crippen LogP contribution is 2.25. The molecule has 0 fully saturated rings. The molecule has 3 rings (SSSR count). The zero-order chi connectivity index (χ0) is 20.3. The van der Waals surface area contributed by atoms with E-state index in [1.165, 1.54) is 19.9 Å². The predicted octanol–water partition coefficient (Wildman–Crippen LogP) is 5.29. The van der Waals surface area contributed by atoms with Crippen LogP contribution in [0.4, 0.5) is 0 Å². The summed E-state index contributed by atoms with van der Waals surface area (Å²) in [4.78, 5) is 24.6. The molecule has 1 aromatic heterocycles.